The fraction of sp³-hybridized carbons (Fsp3) is 0.364. The largest absolute Gasteiger partial charge is 0.378 e. The van der Waals surface area contributed by atoms with Gasteiger partial charge >= 0.3 is 0 Å². The van der Waals surface area contributed by atoms with E-state index < -0.39 is 0 Å². The molecular weight excluding hydrogens is 404 g/mol. The Morgan fingerprint density at radius 3 is 2.67 bits per heavy atom. The molecular formula is C22H25ClN4O3. The first-order chi connectivity index (χ1) is 14.6. The summed E-state index contributed by atoms with van der Waals surface area (Å²) in [6.45, 7) is 3.01. The van der Waals surface area contributed by atoms with Crippen LogP contribution in [0.15, 0.2) is 42.5 Å². The lowest BCUT2D eigenvalue weighted by Gasteiger charge is -2.30. The van der Waals surface area contributed by atoms with Gasteiger partial charge in [-0.1, -0.05) is 17.7 Å². The molecule has 0 bridgehead atoms. The summed E-state index contributed by atoms with van der Waals surface area (Å²) >= 11 is 6.17. The van der Waals surface area contributed by atoms with E-state index in [0.29, 0.717) is 35.5 Å². The maximum Gasteiger partial charge on any atom is 0.251 e. The van der Waals surface area contributed by atoms with Crippen LogP contribution in [0.25, 0.3) is 0 Å². The van der Waals surface area contributed by atoms with Crippen molar-refractivity contribution < 1.29 is 14.3 Å². The molecule has 2 aliphatic rings. The molecule has 1 aliphatic heterocycles. The molecule has 0 aromatic heterocycles. The number of nitrogens with one attached hydrogen (secondary N) is 3. The lowest BCUT2D eigenvalue weighted by Crippen LogP contribution is -2.36. The smallest absolute Gasteiger partial charge is 0.251 e. The highest BCUT2D eigenvalue weighted by Crippen LogP contribution is 2.29. The number of amides is 2. The van der Waals surface area contributed by atoms with Crippen LogP contribution in [0.1, 0.15) is 23.2 Å². The Morgan fingerprint density at radius 2 is 1.90 bits per heavy atom. The van der Waals surface area contributed by atoms with Gasteiger partial charge in [0.25, 0.3) is 5.91 Å². The maximum atomic E-state index is 12.5. The molecule has 2 aromatic rings. The number of ether oxygens (including phenoxy) is 1. The summed E-state index contributed by atoms with van der Waals surface area (Å²) in [4.78, 5) is 26.9. The highest BCUT2D eigenvalue weighted by atomic mass is 35.5. The minimum absolute atomic E-state index is 0.0795. The second-order valence-electron chi connectivity index (χ2n) is 7.49. The first-order valence-electron chi connectivity index (χ1n) is 10.2. The minimum atomic E-state index is -0.206. The number of anilines is 3. The zero-order valence-electron chi connectivity index (χ0n) is 16.6. The van der Waals surface area contributed by atoms with E-state index in [1.54, 1.807) is 24.3 Å². The molecule has 1 saturated heterocycles. The van der Waals surface area contributed by atoms with Gasteiger partial charge in [-0.3, -0.25) is 9.59 Å². The highest BCUT2D eigenvalue weighted by Gasteiger charge is 2.23. The second-order valence-corrected chi connectivity index (χ2v) is 7.93. The lowest BCUT2D eigenvalue weighted by molar-refractivity contribution is -0.114. The molecule has 158 valence electrons. The Hall–Kier alpha value is -2.77. The van der Waals surface area contributed by atoms with Crippen molar-refractivity contribution in [1.82, 2.24) is 5.32 Å². The van der Waals surface area contributed by atoms with E-state index in [1.807, 2.05) is 18.2 Å². The molecule has 2 aromatic carbocycles. The third-order valence-electron chi connectivity index (χ3n) is 5.07. The van der Waals surface area contributed by atoms with Crippen LogP contribution in [0, 0.1) is 0 Å². The molecule has 1 saturated carbocycles. The van der Waals surface area contributed by atoms with E-state index in [-0.39, 0.29) is 18.4 Å². The van der Waals surface area contributed by atoms with Gasteiger partial charge in [-0.15, -0.1) is 0 Å². The van der Waals surface area contributed by atoms with Gasteiger partial charge in [0.15, 0.2) is 0 Å². The molecule has 30 heavy (non-hydrogen) atoms. The van der Waals surface area contributed by atoms with Crippen molar-refractivity contribution in [2.24, 2.45) is 0 Å². The summed E-state index contributed by atoms with van der Waals surface area (Å²) in [6, 6.07) is 12.9. The van der Waals surface area contributed by atoms with Crippen molar-refractivity contribution in [1.29, 1.82) is 0 Å². The fourth-order valence-corrected chi connectivity index (χ4v) is 3.52. The summed E-state index contributed by atoms with van der Waals surface area (Å²) in [5.41, 5.74) is 2.92. The molecule has 0 atom stereocenters. The number of rotatable bonds is 7. The van der Waals surface area contributed by atoms with E-state index in [2.05, 4.69) is 20.9 Å². The van der Waals surface area contributed by atoms with Crippen molar-refractivity contribution in [3.63, 3.8) is 0 Å². The third kappa shape index (κ3) is 5.43. The second kappa shape index (κ2) is 9.36. The van der Waals surface area contributed by atoms with E-state index in [4.69, 9.17) is 16.3 Å². The zero-order valence-corrected chi connectivity index (χ0v) is 17.4. The molecule has 0 unspecified atom stereocenters. The van der Waals surface area contributed by atoms with Crippen molar-refractivity contribution >= 4 is 40.5 Å². The minimum Gasteiger partial charge on any atom is -0.378 e. The molecule has 7 nitrogen and oxygen atoms in total. The molecule has 2 fully saturated rings. The molecule has 0 radical (unpaired) electrons. The summed E-state index contributed by atoms with van der Waals surface area (Å²) in [6.07, 6.45) is 2.06. The number of morpholine rings is 1. The van der Waals surface area contributed by atoms with Crippen LogP contribution in [-0.2, 0) is 9.53 Å². The number of halogens is 1. The average molecular weight is 429 g/mol. The fourth-order valence-electron chi connectivity index (χ4n) is 3.35. The van der Waals surface area contributed by atoms with E-state index in [1.165, 1.54) is 0 Å². The predicted octanol–water partition coefficient (Wildman–Crippen LogP) is 3.12. The van der Waals surface area contributed by atoms with Crippen LogP contribution < -0.4 is 20.9 Å². The van der Waals surface area contributed by atoms with Crippen molar-refractivity contribution in [2.45, 2.75) is 18.9 Å². The van der Waals surface area contributed by atoms with Gasteiger partial charge in [0.05, 0.1) is 31.1 Å². The average Bonchev–Trinajstić information content (AvgIpc) is 3.57. The van der Waals surface area contributed by atoms with Gasteiger partial charge in [0.2, 0.25) is 5.91 Å². The molecule has 3 N–H and O–H groups in total. The van der Waals surface area contributed by atoms with Crippen LogP contribution in [-0.4, -0.2) is 50.7 Å². The normalized spacial score (nSPS) is 16.1. The van der Waals surface area contributed by atoms with Crippen LogP contribution in [0.2, 0.25) is 5.02 Å². The van der Waals surface area contributed by atoms with Crippen LogP contribution in [0.3, 0.4) is 0 Å². The summed E-state index contributed by atoms with van der Waals surface area (Å²) < 4.78 is 5.42. The Kier molecular flexibility index (Phi) is 6.40. The maximum absolute atomic E-state index is 12.5. The van der Waals surface area contributed by atoms with Gasteiger partial charge in [-0.2, -0.15) is 0 Å². The lowest BCUT2D eigenvalue weighted by atomic mass is 10.2. The van der Waals surface area contributed by atoms with Crippen LogP contribution in [0.4, 0.5) is 17.1 Å². The molecule has 1 aliphatic carbocycles. The van der Waals surface area contributed by atoms with E-state index in [9.17, 15) is 9.59 Å². The highest BCUT2D eigenvalue weighted by molar-refractivity contribution is 6.31. The van der Waals surface area contributed by atoms with E-state index in [0.717, 1.165) is 37.3 Å². The number of hydrogen-bond donors (Lipinski definition) is 3. The quantitative estimate of drug-likeness (QED) is 0.631. The molecule has 4 rings (SSSR count). The van der Waals surface area contributed by atoms with Gasteiger partial charge in [-0.05, 0) is 49.2 Å². The summed E-state index contributed by atoms with van der Waals surface area (Å²) in [5.74, 6) is -0.316. The Labute approximate surface area is 180 Å². The summed E-state index contributed by atoms with van der Waals surface area (Å²) in [5, 5.41) is 9.58. The summed E-state index contributed by atoms with van der Waals surface area (Å²) in [7, 11) is 0. The van der Waals surface area contributed by atoms with Crippen molar-refractivity contribution in [3.05, 3.63) is 53.1 Å². The molecule has 1 heterocycles. The first kappa shape index (κ1) is 20.5. The zero-order chi connectivity index (χ0) is 20.9. The topological polar surface area (TPSA) is 82.7 Å². The van der Waals surface area contributed by atoms with Gasteiger partial charge in [-0.25, -0.2) is 0 Å². The van der Waals surface area contributed by atoms with Crippen molar-refractivity contribution in [2.75, 3.05) is 48.4 Å². The Bertz CT molecular complexity index is 926. The number of carbonyl (C=O) groups is 2. The van der Waals surface area contributed by atoms with E-state index >= 15 is 0 Å². The standard InChI is InChI=1S/C22H25ClN4O3/c23-16-4-7-20(27-8-10-30-11-9-27)19(13-16)24-14-21(28)25-18-3-1-2-15(12-18)22(29)26-17-5-6-17/h1-4,7,12-13,17,24H,5-6,8-11,14H2,(H,25,28)(H,26,29). The monoisotopic (exact) mass is 428 g/mol. The first-order valence-corrected chi connectivity index (χ1v) is 10.5. The number of benzene rings is 2. The van der Waals surface area contributed by atoms with Crippen LogP contribution >= 0.6 is 11.6 Å². The third-order valence-corrected chi connectivity index (χ3v) is 5.31. The number of nitrogens with zero attached hydrogens (tertiary/aromatic N) is 1. The molecule has 0 spiro atoms. The van der Waals surface area contributed by atoms with Gasteiger partial charge in [0.1, 0.15) is 0 Å². The molecule has 2 amide bonds. The van der Waals surface area contributed by atoms with Gasteiger partial charge in [0, 0.05) is 35.4 Å². The Morgan fingerprint density at radius 1 is 1.10 bits per heavy atom. The van der Waals surface area contributed by atoms with Gasteiger partial charge < -0.3 is 25.6 Å². The Balaban J connectivity index is 1.37. The number of hydrogen-bond acceptors (Lipinski definition) is 5. The number of carbonyl (C=O) groups excluding carboxylic acids is 2. The SMILES string of the molecule is O=C(CNc1cc(Cl)ccc1N1CCOCC1)Nc1cccc(C(=O)NC2CC2)c1. The predicted molar refractivity (Wildman–Crippen MR) is 119 cm³/mol. The molecule has 8 heteroatoms. The van der Waals surface area contributed by atoms with Crippen LogP contribution in [0.5, 0.6) is 0 Å². The van der Waals surface area contributed by atoms with Crippen molar-refractivity contribution in [3.8, 4) is 0 Å².